The van der Waals surface area contributed by atoms with E-state index < -0.39 is 0 Å². The van der Waals surface area contributed by atoms with Crippen molar-refractivity contribution < 1.29 is 18.1 Å². The van der Waals surface area contributed by atoms with Crippen molar-refractivity contribution in [2.24, 2.45) is 7.05 Å². The van der Waals surface area contributed by atoms with E-state index in [9.17, 15) is 4.79 Å². The lowest BCUT2D eigenvalue weighted by molar-refractivity contribution is -0.422. The van der Waals surface area contributed by atoms with Crippen LogP contribution in [0.5, 0.6) is 0 Å². The number of nitrogens with zero attached hydrogens (tertiary/aromatic N) is 6. The number of hydrogen-bond donors (Lipinski definition) is 1. The average molecular weight is 308 g/mol. The molecule has 0 fully saturated rings. The van der Waals surface area contributed by atoms with Crippen LogP contribution >= 0.6 is 0 Å². The van der Waals surface area contributed by atoms with Crippen LogP contribution in [0.4, 0.5) is 0 Å². The highest BCUT2D eigenvalue weighted by Gasteiger charge is 2.15. The van der Waals surface area contributed by atoms with Crippen LogP contribution in [-0.2, 0) is 7.05 Å². The van der Waals surface area contributed by atoms with Crippen molar-refractivity contribution in [1.29, 1.82) is 0 Å². The average Bonchev–Trinajstić information content (AvgIpc) is 2.92. The summed E-state index contributed by atoms with van der Waals surface area (Å²) in [7, 11) is 1.66. The Morgan fingerprint density at radius 1 is 1.29 bits per heavy atom. The highest BCUT2D eigenvalue weighted by molar-refractivity contribution is 5.77. The smallest absolute Gasteiger partial charge is 0.261 e. The minimum Gasteiger partial charge on any atom is -1.00 e. The maximum Gasteiger partial charge on any atom is 0.261 e. The highest BCUT2D eigenvalue weighted by Crippen LogP contribution is 2.13. The largest absolute Gasteiger partial charge is 1.00 e. The first-order chi connectivity index (χ1) is 9.58. The quantitative estimate of drug-likeness (QED) is 0.523. The number of quaternary nitrogens is 1. The van der Waals surface area contributed by atoms with Crippen molar-refractivity contribution in [2.75, 3.05) is 0 Å². The molecule has 3 aromatic rings. The predicted molar refractivity (Wildman–Crippen MR) is 71.0 cm³/mol. The zero-order valence-corrected chi connectivity index (χ0v) is 12.3. The lowest BCUT2D eigenvalue weighted by Gasteiger charge is -2.07. The van der Waals surface area contributed by atoms with Gasteiger partial charge >= 0.3 is 0 Å². The van der Waals surface area contributed by atoms with E-state index in [1.807, 2.05) is 6.92 Å². The summed E-state index contributed by atoms with van der Waals surface area (Å²) < 4.78 is 3.02. The third kappa shape index (κ3) is 2.50. The van der Waals surface area contributed by atoms with Gasteiger partial charge in [0.25, 0.3) is 5.56 Å². The third-order valence-corrected chi connectivity index (χ3v) is 3.02. The Morgan fingerprint density at radius 3 is 2.76 bits per heavy atom. The van der Waals surface area contributed by atoms with Gasteiger partial charge in [0.1, 0.15) is 12.4 Å². The molecule has 1 atom stereocenters. The van der Waals surface area contributed by atoms with E-state index in [0.717, 1.165) is 0 Å². The second-order valence-electron chi connectivity index (χ2n) is 4.65. The minimum atomic E-state index is -0.122. The van der Waals surface area contributed by atoms with E-state index in [1.165, 1.54) is 17.2 Å². The Bertz CT molecular complexity index is 839. The molecule has 8 nitrogen and oxygen atoms in total. The van der Waals surface area contributed by atoms with Crippen molar-refractivity contribution in [3.8, 4) is 5.82 Å². The summed E-state index contributed by atoms with van der Waals surface area (Å²) in [5.74, 6) is 1.23. The van der Waals surface area contributed by atoms with Gasteiger partial charge in [-0.05, 0) is 13.0 Å². The van der Waals surface area contributed by atoms with Crippen molar-refractivity contribution in [3.05, 3.63) is 41.1 Å². The van der Waals surface area contributed by atoms with E-state index in [0.29, 0.717) is 22.5 Å². The number of aryl methyl sites for hydroxylation is 1. The molecule has 0 saturated carbocycles. The van der Waals surface area contributed by atoms with E-state index in [2.05, 4.69) is 25.8 Å². The molecule has 0 amide bonds. The topological polar surface area (TPSA) is 106 Å². The maximum atomic E-state index is 12.1. The summed E-state index contributed by atoms with van der Waals surface area (Å²) in [5, 5.41) is 4.64. The Hall–Kier alpha value is -2.32. The molecule has 9 heteroatoms. The molecular formula is C12H14ClN7O. The second-order valence-corrected chi connectivity index (χ2v) is 4.65. The van der Waals surface area contributed by atoms with E-state index in [4.69, 9.17) is 0 Å². The fraction of sp³-hybridized carbons (Fsp3) is 0.250. The van der Waals surface area contributed by atoms with Gasteiger partial charge in [-0.1, -0.05) is 0 Å². The van der Waals surface area contributed by atoms with Gasteiger partial charge in [0.2, 0.25) is 0 Å². The second kappa shape index (κ2) is 5.58. The Labute approximate surface area is 126 Å². The molecule has 0 unspecified atom stereocenters. The van der Waals surface area contributed by atoms with E-state index >= 15 is 0 Å². The molecule has 0 radical (unpaired) electrons. The van der Waals surface area contributed by atoms with Crippen LogP contribution in [0.1, 0.15) is 18.8 Å². The lowest BCUT2D eigenvalue weighted by atomic mass is 10.3. The molecule has 3 aromatic heterocycles. The molecule has 0 aliphatic carbocycles. The summed E-state index contributed by atoms with van der Waals surface area (Å²) in [6.07, 6.45) is 4.49. The summed E-state index contributed by atoms with van der Waals surface area (Å²) >= 11 is 0. The number of aromatic nitrogens is 6. The SMILES string of the molecule is C[C@H]([NH3+])c1ncnn1-c1cc2c(=O)n(C)cnc2cn1.[Cl-]. The molecule has 0 aliphatic heterocycles. The molecule has 0 bridgehead atoms. The van der Waals surface area contributed by atoms with Crippen LogP contribution < -0.4 is 23.7 Å². The van der Waals surface area contributed by atoms with Crippen LogP contribution in [0.2, 0.25) is 0 Å². The monoisotopic (exact) mass is 307 g/mol. The van der Waals surface area contributed by atoms with Gasteiger partial charge in [0.15, 0.2) is 11.6 Å². The lowest BCUT2D eigenvalue weighted by Crippen LogP contribution is -3.00. The van der Waals surface area contributed by atoms with Gasteiger partial charge in [0, 0.05) is 7.05 Å². The summed E-state index contributed by atoms with van der Waals surface area (Å²) in [4.78, 5) is 24.7. The molecule has 3 heterocycles. The molecule has 0 saturated heterocycles. The summed E-state index contributed by atoms with van der Waals surface area (Å²) in [5.41, 5.74) is 4.37. The number of hydrogen-bond acceptors (Lipinski definition) is 5. The fourth-order valence-corrected chi connectivity index (χ4v) is 1.98. The number of pyridine rings is 1. The van der Waals surface area contributed by atoms with Gasteiger partial charge in [-0.25, -0.2) is 15.0 Å². The van der Waals surface area contributed by atoms with Gasteiger partial charge in [-0.3, -0.25) is 4.79 Å². The van der Waals surface area contributed by atoms with Crippen molar-refractivity contribution >= 4 is 10.9 Å². The number of fused-ring (bicyclic) bond motifs is 1. The van der Waals surface area contributed by atoms with Crippen LogP contribution in [0.25, 0.3) is 16.7 Å². The van der Waals surface area contributed by atoms with Crippen molar-refractivity contribution in [2.45, 2.75) is 13.0 Å². The molecule has 21 heavy (non-hydrogen) atoms. The molecule has 0 aliphatic rings. The molecular weight excluding hydrogens is 294 g/mol. The van der Waals surface area contributed by atoms with Gasteiger partial charge < -0.3 is 22.7 Å². The predicted octanol–water partition coefficient (Wildman–Crippen LogP) is -3.78. The molecule has 0 spiro atoms. The normalized spacial score (nSPS) is 12.1. The van der Waals surface area contributed by atoms with Crippen LogP contribution in [-0.4, -0.2) is 29.3 Å². The Kier molecular flexibility index (Phi) is 4.01. The molecule has 3 N–H and O–H groups in total. The van der Waals surface area contributed by atoms with Crippen LogP contribution in [0, 0.1) is 0 Å². The van der Waals surface area contributed by atoms with Crippen molar-refractivity contribution in [3.63, 3.8) is 0 Å². The molecule has 110 valence electrons. The van der Waals surface area contributed by atoms with E-state index in [-0.39, 0.29) is 24.0 Å². The zero-order chi connectivity index (χ0) is 14.3. The van der Waals surface area contributed by atoms with Crippen molar-refractivity contribution in [1.82, 2.24) is 29.3 Å². The first-order valence-electron chi connectivity index (χ1n) is 6.12. The number of rotatable bonds is 2. The van der Waals surface area contributed by atoms with Crippen LogP contribution in [0.3, 0.4) is 0 Å². The highest BCUT2D eigenvalue weighted by atomic mass is 35.5. The summed E-state index contributed by atoms with van der Waals surface area (Å²) in [6.45, 7) is 1.92. The van der Waals surface area contributed by atoms with E-state index in [1.54, 1.807) is 24.0 Å². The van der Waals surface area contributed by atoms with Gasteiger partial charge in [0.05, 0.1) is 23.4 Å². The minimum absolute atomic E-state index is 0. The van der Waals surface area contributed by atoms with Gasteiger partial charge in [-0.15, -0.1) is 0 Å². The number of halogens is 1. The Morgan fingerprint density at radius 2 is 2.05 bits per heavy atom. The molecule has 3 rings (SSSR count). The fourth-order valence-electron chi connectivity index (χ4n) is 1.98. The standard InChI is InChI=1S/C12H13N7O.ClH/c1-7(13)11-15-5-17-19(11)10-3-8-9(4-14-10)16-6-18(2)12(8)20;/h3-7H,13H2,1-2H3;1H/t7-;/m0./s1. The first kappa shape index (κ1) is 15.1. The third-order valence-electron chi connectivity index (χ3n) is 3.02. The summed E-state index contributed by atoms with van der Waals surface area (Å²) in [6, 6.07) is 1.64. The molecule has 0 aromatic carbocycles. The van der Waals surface area contributed by atoms with Gasteiger partial charge in [-0.2, -0.15) is 9.78 Å². The van der Waals surface area contributed by atoms with Crippen LogP contribution in [0.15, 0.2) is 29.7 Å². The Balaban J connectivity index is 0.00000161. The maximum absolute atomic E-state index is 12.1. The zero-order valence-electron chi connectivity index (χ0n) is 11.6. The first-order valence-corrected chi connectivity index (χ1v) is 6.12.